The Bertz CT molecular complexity index is 1190. The Morgan fingerprint density at radius 2 is 2.00 bits per heavy atom. The number of fused-ring (bicyclic) bond motifs is 4. The van der Waals surface area contributed by atoms with Crippen molar-refractivity contribution in [3.63, 3.8) is 0 Å². The van der Waals surface area contributed by atoms with Crippen LogP contribution in [0.2, 0.25) is 0 Å². The highest BCUT2D eigenvalue weighted by atomic mass is 79.9. The molecule has 8 heteroatoms. The van der Waals surface area contributed by atoms with Crippen LogP contribution in [0.1, 0.15) is 11.4 Å². The monoisotopic (exact) mass is 427 g/mol. The molecule has 0 radical (unpaired) electrons. The Balaban J connectivity index is 1.87. The minimum absolute atomic E-state index is 0.327. The van der Waals surface area contributed by atoms with Crippen molar-refractivity contribution in [2.24, 2.45) is 0 Å². The number of aryl methyl sites for hydroxylation is 1. The molecule has 4 aromatic rings. The molecular formula is C19H15BrFN5O. The standard InChI is InChI=1S/C19H15BrFN5O/c1-11-23-24-19-22-18(17-14(21)5-3-7-16(17)26(11)19)25-8-9-27-10-12-13(20)4-2-6-15(12)25/h2-7H,8-10H2,1H3. The molecule has 0 amide bonds. The van der Waals surface area contributed by atoms with Crippen LogP contribution in [0.25, 0.3) is 16.7 Å². The van der Waals surface area contributed by atoms with E-state index in [0.29, 0.717) is 48.1 Å². The van der Waals surface area contributed by atoms with E-state index in [2.05, 4.69) is 31.1 Å². The third-order valence-electron chi connectivity index (χ3n) is 4.82. The summed E-state index contributed by atoms with van der Waals surface area (Å²) in [5, 5.41) is 8.72. The Kier molecular flexibility index (Phi) is 3.84. The maximum absolute atomic E-state index is 15.0. The molecule has 0 atom stereocenters. The summed E-state index contributed by atoms with van der Waals surface area (Å²) < 4.78 is 23.5. The number of benzene rings is 2. The fourth-order valence-corrected chi connectivity index (χ4v) is 4.06. The number of anilines is 2. The summed E-state index contributed by atoms with van der Waals surface area (Å²) in [4.78, 5) is 6.69. The second kappa shape index (κ2) is 6.24. The normalized spacial score (nSPS) is 14.6. The highest BCUT2D eigenvalue weighted by molar-refractivity contribution is 9.10. The Labute approximate surface area is 162 Å². The van der Waals surface area contributed by atoms with Crippen molar-refractivity contribution in [2.75, 3.05) is 18.1 Å². The molecule has 1 aliphatic heterocycles. The number of hydrogen-bond donors (Lipinski definition) is 0. The van der Waals surface area contributed by atoms with Crippen LogP contribution in [0.4, 0.5) is 15.9 Å². The van der Waals surface area contributed by atoms with Gasteiger partial charge in [0.25, 0.3) is 5.78 Å². The molecule has 0 saturated heterocycles. The van der Waals surface area contributed by atoms with E-state index >= 15 is 0 Å². The first-order chi connectivity index (χ1) is 13.1. The lowest BCUT2D eigenvalue weighted by Gasteiger charge is -2.25. The molecule has 2 aromatic carbocycles. The van der Waals surface area contributed by atoms with Crippen molar-refractivity contribution in [1.29, 1.82) is 0 Å². The summed E-state index contributed by atoms with van der Waals surface area (Å²) in [6.07, 6.45) is 0. The first kappa shape index (κ1) is 16.6. The van der Waals surface area contributed by atoms with E-state index in [4.69, 9.17) is 4.74 Å². The molecular weight excluding hydrogens is 413 g/mol. The van der Waals surface area contributed by atoms with E-state index in [-0.39, 0.29) is 5.82 Å². The van der Waals surface area contributed by atoms with Crippen LogP contribution < -0.4 is 4.90 Å². The first-order valence-electron chi connectivity index (χ1n) is 8.58. The molecule has 0 saturated carbocycles. The molecule has 0 N–H and O–H groups in total. The third kappa shape index (κ3) is 2.51. The van der Waals surface area contributed by atoms with Gasteiger partial charge in [-0.2, -0.15) is 4.98 Å². The molecule has 0 fully saturated rings. The lowest BCUT2D eigenvalue weighted by molar-refractivity contribution is 0.133. The van der Waals surface area contributed by atoms with Crippen LogP contribution in [0.5, 0.6) is 0 Å². The van der Waals surface area contributed by atoms with Gasteiger partial charge in [0.05, 0.1) is 24.1 Å². The number of nitrogens with zero attached hydrogens (tertiary/aromatic N) is 5. The molecule has 0 bridgehead atoms. The van der Waals surface area contributed by atoms with Crippen LogP contribution in [0.3, 0.4) is 0 Å². The number of aromatic nitrogens is 4. The van der Waals surface area contributed by atoms with Gasteiger partial charge >= 0.3 is 0 Å². The zero-order valence-corrected chi connectivity index (χ0v) is 16.1. The van der Waals surface area contributed by atoms with Gasteiger partial charge in [0, 0.05) is 22.3 Å². The minimum Gasteiger partial charge on any atom is -0.375 e. The highest BCUT2D eigenvalue weighted by Crippen LogP contribution is 2.38. The Morgan fingerprint density at radius 1 is 1.15 bits per heavy atom. The molecule has 1 aliphatic rings. The van der Waals surface area contributed by atoms with Gasteiger partial charge in [-0.1, -0.05) is 28.1 Å². The van der Waals surface area contributed by atoms with E-state index in [1.165, 1.54) is 6.07 Å². The zero-order valence-electron chi connectivity index (χ0n) is 14.5. The summed E-state index contributed by atoms with van der Waals surface area (Å²) in [6.45, 7) is 3.39. The fraction of sp³-hybridized carbons (Fsp3) is 0.211. The SMILES string of the molecule is Cc1nnc2nc(N3CCOCc4c(Br)cccc43)c3c(F)cccc3n12. The molecule has 6 nitrogen and oxygen atoms in total. The van der Waals surface area contributed by atoms with E-state index in [1.54, 1.807) is 10.5 Å². The van der Waals surface area contributed by atoms with Crippen LogP contribution in [-0.2, 0) is 11.3 Å². The second-order valence-electron chi connectivity index (χ2n) is 6.39. The average Bonchev–Trinajstić information content (AvgIpc) is 2.90. The Morgan fingerprint density at radius 3 is 2.89 bits per heavy atom. The van der Waals surface area contributed by atoms with Gasteiger partial charge in [0.15, 0.2) is 0 Å². The summed E-state index contributed by atoms with van der Waals surface area (Å²) in [5.74, 6) is 1.31. The molecule has 3 heterocycles. The lowest BCUT2D eigenvalue weighted by Crippen LogP contribution is -2.23. The molecule has 27 heavy (non-hydrogen) atoms. The van der Waals surface area contributed by atoms with Gasteiger partial charge in [-0.3, -0.25) is 4.40 Å². The predicted octanol–water partition coefficient (Wildman–Crippen LogP) is 4.16. The van der Waals surface area contributed by atoms with E-state index in [9.17, 15) is 4.39 Å². The predicted molar refractivity (Wildman–Crippen MR) is 104 cm³/mol. The molecule has 0 aliphatic carbocycles. The van der Waals surface area contributed by atoms with Gasteiger partial charge in [-0.25, -0.2) is 4.39 Å². The van der Waals surface area contributed by atoms with E-state index in [1.807, 2.05) is 36.1 Å². The quantitative estimate of drug-likeness (QED) is 0.456. The van der Waals surface area contributed by atoms with Gasteiger partial charge in [-0.15, -0.1) is 10.2 Å². The van der Waals surface area contributed by atoms with Crippen LogP contribution >= 0.6 is 15.9 Å². The van der Waals surface area contributed by atoms with Crippen molar-refractivity contribution in [1.82, 2.24) is 19.6 Å². The van der Waals surface area contributed by atoms with Crippen LogP contribution in [0, 0.1) is 12.7 Å². The zero-order chi connectivity index (χ0) is 18.5. The smallest absolute Gasteiger partial charge is 0.257 e. The molecule has 0 unspecified atom stereocenters. The van der Waals surface area contributed by atoms with Crippen LogP contribution in [-0.4, -0.2) is 32.7 Å². The molecule has 136 valence electrons. The number of ether oxygens (including phenoxy) is 1. The van der Waals surface area contributed by atoms with Gasteiger partial charge in [0.2, 0.25) is 0 Å². The fourth-order valence-electron chi connectivity index (χ4n) is 3.59. The van der Waals surface area contributed by atoms with Crippen LogP contribution in [0.15, 0.2) is 40.9 Å². The van der Waals surface area contributed by atoms with Crippen molar-refractivity contribution < 1.29 is 9.13 Å². The summed E-state index contributed by atoms with van der Waals surface area (Å²) in [5.41, 5.74) is 2.65. The summed E-state index contributed by atoms with van der Waals surface area (Å²) >= 11 is 3.60. The second-order valence-corrected chi connectivity index (χ2v) is 7.25. The first-order valence-corrected chi connectivity index (χ1v) is 9.37. The number of hydrogen-bond acceptors (Lipinski definition) is 5. The maximum atomic E-state index is 15.0. The van der Waals surface area contributed by atoms with Gasteiger partial charge < -0.3 is 9.64 Å². The topological polar surface area (TPSA) is 55.5 Å². The van der Waals surface area contributed by atoms with Crippen molar-refractivity contribution in [2.45, 2.75) is 13.5 Å². The lowest BCUT2D eigenvalue weighted by atomic mass is 10.1. The molecule has 5 rings (SSSR count). The number of rotatable bonds is 1. The van der Waals surface area contributed by atoms with Gasteiger partial charge in [-0.05, 0) is 31.2 Å². The Hall–Kier alpha value is -2.58. The van der Waals surface area contributed by atoms with Crippen molar-refractivity contribution in [3.05, 3.63) is 58.1 Å². The summed E-state index contributed by atoms with van der Waals surface area (Å²) in [7, 11) is 0. The average molecular weight is 428 g/mol. The maximum Gasteiger partial charge on any atom is 0.257 e. The summed E-state index contributed by atoms with van der Waals surface area (Å²) in [6, 6.07) is 10.9. The van der Waals surface area contributed by atoms with Gasteiger partial charge in [0.1, 0.15) is 17.5 Å². The van der Waals surface area contributed by atoms with Crippen molar-refractivity contribution >= 4 is 44.1 Å². The van der Waals surface area contributed by atoms with E-state index < -0.39 is 0 Å². The largest absolute Gasteiger partial charge is 0.375 e. The highest BCUT2D eigenvalue weighted by Gasteiger charge is 2.25. The third-order valence-corrected chi connectivity index (χ3v) is 5.56. The minimum atomic E-state index is -0.327. The number of halogens is 2. The van der Waals surface area contributed by atoms with E-state index in [0.717, 1.165) is 15.7 Å². The molecule has 0 spiro atoms. The molecule has 2 aromatic heterocycles. The van der Waals surface area contributed by atoms with Crippen molar-refractivity contribution in [3.8, 4) is 0 Å².